The highest BCUT2D eigenvalue weighted by atomic mass is 16.5. The lowest BCUT2D eigenvalue weighted by molar-refractivity contribution is -0.179. The molecule has 3 N–H and O–H groups in total. The molecule has 2 aromatic carbocycles. The summed E-state index contributed by atoms with van der Waals surface area (Å²) < 4.78 is 13.3. The molecule has 152 valence electrons. The summed E-state index contributed by atoms with van der Waals surface area (Å²) in [7, 11) is 0. The molecule has 0 spiro atoms. The van der Waals surface area contributed by atoms with Crippen molar-refractivity contribution in [2.24, 2.45) is 0 Å². The molecular formula is C21H23N3O5. The molecule has 0 saturated carbocycles. The maximum atomic E-state index is 10.3. The Morgan fingerprint density at radius 2 is 1.97 bits per heavy atom. The van der Waals surface area contributed by atoms with Crippen LogP contribution < -0.4 is 4.74 Å². The van der Waals surface area contributed by atoms with Crippen LogP contribution in [0.1, 0.15) is 23.7 Å². The van der Waals surface area contributed by atoms with Crippen molar-refractivity contribution >= 4 is 0 Å². The van der Waals surface area contributed by atoms with Gasteiger partial charge in [-0.05, 0) is 35.4 Å². The molecule has 1 aromatic heterocycles. The zero-order valence-corrected chi connectivity index (χ0v) is 15.7. The Morgan fingerprint density at radius 1 is 1.14 bits per heavy atom. The molecule has 8 nitrogen and oxygen atoms in total. The van der Waals surface area contributed by atoms with E-state index in [1.54, 1.807) is 23.1 Å². The molecule has 1 aliphatic heterocycles. The molecule has 3 aromatic rings. The highest BCUT2D eigenvalue weighted by Crippen LogP contribution is 2.33. The summed E-state index contributed by atoms with van der Waals surface area (Å²) in [5, 5.41) is 33.8. The van der Waals surface area contributed by atoms with Crippen molar-refractivity contribution in [3.63, 3.8) is 0 Å². The monoisotopic (exact) mass is 397 g/mol. The number of hydrogen-bond donors (Lipinski definition) is 3. The molecule has 0 amide bonds. The summed E-state index contributed by atoms with van der Waals surface area (Å²) in [6, 6.07) is 15.0. The summed E-state index contributed by atoms with van der Waals surface area (Å²) in [5.41, 5.74) is 2.59. The van der Waals surface area contributed by atoms with Crippen LogP contribution in [0.3, 0.4) is 0 Å². The van der Waals surface area contributed by atoms with Crippen molar-refractivity contribution in [1.82, 2.24) is 14.8 Å². The largest absolute Gasteiger partial charge is 0.489 e. The van der Waals surface area contributed by atoms with Crippen LogP contribution in [0, 0.1) is 0 Å². The highest BCUT2D eigenvalue weighted by molar-refractivity contribution is 5.34. The number of benzene rings is 2. The van der Waals surface area contributed by atoms with Crippen molar-refractivity contribution < 1.29 is 24.8 Å². The van der Waals surface area contributed by atoms with Gasteiger partial charge in [0.15, 0.2) is 0 Å². The molecule has 1 fully saturated rings. The van der Waals surface area contributed by atoms with E-state index in [4.69, 9.17) is 9.47 Å². The Kier molecular flexibility index (Phi) is 5.86. The average Bonchev–Trinajstić information content (AvgIpc) is 3.29. The first-order valence-electron chi connectivity index (χ1n) is 9.43. The van der Waals surface area contributed by atoms with Crippen LogP contribution in [0.25, 0.3) is 5.69 Å². The number of aliphatic hydroxyl groups is 3. The van der Waals surface area contributed by atoms with Gasteiger partial charge in [-0.2, -0.15) is 5.10 Å². The van der Waals surface area contributed by atoms with Crippen molar-refractivity contribution in [2.45, 2.75) is 37.4 Å². The van der Waals surface area contributed by atoms with E-state index in [1.807, 2.05) is 36.4 Å². The number of aliphatic hydroxyl groups excluding tert-OH is 3. The van der Waals surface area contributed by atoms with Crippen LogP contribution in [0.2, 0.25) is 0 Å². The van der Waals surface area contributed by atoms with Gasteiger partial charge in [0, 0.05) is 6.42 Å². The molecule has 4 atom stereocenters. The topological polar surface area (TPSA) is 110 Å². The minimum Gasteiger partial charge on any atom is -0.489 e. The maximum Gasteiger partial charge on any atom is 0.138 e. The molecular weight excluding hydrogens is 374 g/mol. The van der Waals surface area contributed by atoms with Gasteiger partial charge in [0.05, 0.1) is 24.5 Å². The number of rotatable bonds is 6. The van der Waals surface area contributed by atoms with E-state index in [1.165, 1.54) is 6.33 Å². The molecule has 29 heavy (non-hydrogen) atoms. The third-order valence-corrected chi connectivity index (χ3v) is 4.96. The second-order valence-corrected chi connectivity index (χ2v) is 7.02. The molecule has 4 rings (SSSR count). The van der Waals surface area contributed by atoms with Crippen molar-refractivity contribution in [3.8, 4) is 11.4 Å². The van der Waals surface area contributed by atoms with Gasteiger partial charge < -0.3 is 24.8 Å². The van der Waals surface area contributed by atoms with E-state index in [0.717, 1.165) is 11.3 Å². The smallest absolute Gasteiger partial charge is 0.138 e. The molecule has 0 bridgehead atoms. The van der Waals surface area contributed by atoms with E-state index in [2.05, 4.69) is 10.1 Å². The van der Waals surface area contributed by atoms with Gasteiger partial charge in [-0.3, -0.25) is 0 Å². The number of nitrogens with zero attached hydrogens (tertiary/aromatic N) is 3. The third-order valence-electron chi connectivity index (χ3n) is 4.96. The van der Waals surface area contributed by atoms with Crippen molar-refractivity contribution in [2.75, 3.05) is 6.61 Å². The highest BCUT2D eigenvalue weighted by Gasteiger charge is 2.37. The van der Waals surface area contributed by atoms with Crippen molar-refractivity contribution in [3.05, 3.63) is 72.3 Å². The summed E-state index contributed by atoms with van der Waals surface area (Å²) in [6.07, 6.45) is 0.0920. The van der Waals surface area contributed by atoms with E-state index in [-0.39, 0.29) is 13.0 Å². The van der Waals surface area contributed by atoms with E-state index in [0.29, 0.717) is 17.9 Å². The van der Waals surface area contributed by atoms with E-state index >= 15 is 0 Å². The quantitative estimate of drug-likeness (QED) is 0.577. The molecule has 2 heterocycles. The molecule has 0 aliphatic carbocycles. The normalized spacial score (nSPS) is 24.4. The lowest BCUT2D eigenvalue weighted by Gasteiger charge is -2.36. The van der Waals surface area contributed by atoms with Gasteiger partial charge in [-0.25, -0.2) is 9.67 Å². The molecule has 1 aliphatic rings. The zero-order chi connectivity index (χ0) is 20.2. The van der Waals surface area contributed by atoms with Crippen LogP contribution in [0.4, 0.5) is 0 Å². The standard InChI is InChI=1S/C21H23N3O5/c25-10-18-9-19(26)20(27)21(29-18)15-2-1-3-17(8-15)28-11-14-4-6-16(7-5-14)24-13-22-12-23-24/h1-8,12-13,18-21,25-27H,9-11H2. The minimum absolute atomic E-state index is 0.203. The zero-order valence-electron chi connectivity index (χ0n) is 15.7. The number of ether oxygens (including phenoxy) is 2. The van der Waals surface area contributed by atoms with E-state index in [9.17, 15) is 15.3 Å². The predicted octanol–water partition coefficient (Wildman–Crippen LogP) is 1.39. The summed E-state index contributed by atoms with van der Waals surface area (Å²) in [6.45, 7) is 0.165. The van der Waals surface area contributed by atoms with Crippen LogP contribution in [-0.4, -0.2) is 55.0 Å². The molecule has 8 heteroatoms. The van der Waals surface area contributed by atoms with E-state index < -0.39 is 24.4 Å². The van der Waals surface area contributed by atoms with Gasteiger partial charge in [0.1, 0.15) is 37.2 Å². The summed E-state index contributed by atoms with van der Waals surface area (Å²) in [5.74, 6) is 0.624. The van der Waals surface area contributed by atoms with Gasteiger partial charge in [0.2, 0.25) is 0 Å². The maximum absolute atomic E-state index is 10.3. The van der Waals surface area contributed by atoms with Crippen LogP contribution in [0.15, 0.2) is 61.2 Å². The Morgan fingerprint density at radius 3 is 2.69 bits per heavy atom. The number of hydrogen-bond acceptors (Lipinski definition) is 7. The average molecular weight is 397 g/mol. The molecule has 1 saturated heterocycles. The first kappa shape index (κ1) is 19.5. The third kappa shape index (κ3) is 4.46. The molecule has 0 radical (unpaired) electrons. The van der Waals surface area contributed by atoms with Crippen LogP contribution in [-0.2, 0) is 11.3 Å². The second kappa shape index (κ2) is 8.71. The first-order chi connectivity index (χ1) is 14.1. The number of aromatic nitrogens is 3. The lowest BCUT2D eigenvalue weighted by atomic mass is 9.93. The molecule has 4 unspecified atom stereocenters. The fraction of sp³-hybridized carbons (Fsp3) is 0.333. The van der Waals surface area contributed by atoms with Crippen molar-refractivity contribution in [1.29, 1.82) is 0 Å². The predicted molar refractivity (Wildman–Crippen MR) is 103 cm³/mol. The fourth-order valence-corrected chi connectivity index (χ4v) is 3.38. The lowest BCUT2D eigenvalue weighted by Crippen LogP contribution is -2.44. The minimum atomic E-state index is -1.06. The van der Waals surface area contributed by atoms with Crippen LogP contribution in [0.5, 0.6) is 5.75 Å². The Hall–Kier alpha value is -2.78. The SMILES string of the molecule is OCC1CC(O)C(O)C(c2cccc(OCc3ccc(-n4cncn4)cc3)c2)O1. The van der Waals surface area contributed by atoms with Gasteiger partial charge in [-0.15, -0.1) is 0 Å². The Labute approximate surface area is 168 Å². The Bertz CT molecular complexity index is 916. The first-order valence-corrected chi connectivity index (χ1v) is 9.43. The Balaban J connectivity index is 1.42. The van der Waals surface area contributed by atoms with Gasteiger partial charge in [-0.1, -0.05) is 24.3 Å². The van der Waals surface area contributed by atoms with Gasteiger partial charge >= 0.3 is 0 Å². The van der Waals surface area contributed by atoms with Crippen LogP contribution >= 0.6 is 0 Å². The van der Waals surface area contributed by atoms with Gasteiger partial charge in [0.25, 0.3) is 0 Å². The fourth-order valence-electron chi connectivity index (χ4n) is 3.38. The summed E-state index contributed by atoms with van der Waals surface area (Å²) in [4.78, 5) is 3.93. The second-order valence-electron chi connectivity index (χ2n) is 7.02. The summed E-state index contributed by atoms with van der Waals surface area (Å²) >= 11 is 0.